The number of hydrogen-bond donors (Lipinski definition) is 2. The molecule has 0 aliphatic rings. The molecule has 0 saturated carbocycles. The lowest BCUT2D eigenvalue weighted by Gasteiger charge is -2.09. The van der Waals surface area contributed by atoms with Crippen LogP contribution in [0.1, 0.15) is 15.9 Å². The molecule has 0 radical (unpaired) electrons. The van der Waals surface area contributed by atoms with Gasteiger partial charge in [0.2, 0.25) is 0 Å². The molecule has 0 spiro atoms. The fourth-order valence-corrected chi connectivity index (χ4v) is 1.76. The normalized spacial score (nSPS) is 9.86. The molecule has 1 amide bonds. The van der Waals surface area contributed by atoms with Crippen LogP contribution >= 0.6 is 27.5 Å². The zero-order valence-electron chi connectivity index (χ0n) is 7.18. The first kappa shape index (κ1) is 11.1. The Morgan fingerprint density at radius 1 is 1.64 bits per heavy atom. The first-order valence-electron chi connectivity index (χ1n) is 3.68. The van der Waals surface area contributed by atoms with Crippen LogP contribution in [0.2, 0.25) is 5.02 Å². The molecule has 14 heavy (non-hydrogen) atoms. The van der Waals surface area contributed by atoms with E-state index in [9.17, 15) is 4.79 Å². The molecule has 0 saturated heterocycles. The molecule has 5 heteroatoms. The third-order valence-electron chi connectivity index (χ3n) is 1.77. The Labute approximate surface area is 94.8 Å². The van der Waals surface area contributed by atoms with Gasteiger partial charge in [-0.25, -0.2) is 0 Å². The Morgan fingerprint density at radius 2 is 2.21 bits per heavy atom. The van der Waals surface area contributed by atoms with Crippen molar-refractivity contribution < 1.29 is 4.79 Å². The molecule has 0 fully saturated rings. The highest BCUT2D eigenvalue weighted by Crippen LogP contribution is 2.33. The minimum absolute atomic E-state index is 0.202. The largest absolute Gasteiger partial charge is 0.398 e. The minimum Gasteiger partial charge on any atom is -0.398 e. The van der Waals surface area contributed by atoms with E-state index in [0.717, 1.165) is 0 Å². The van der Waals surface area contributed by atoms with Gasteiger partial charge in [-0.1, -0.05) is 24.3 Å². The minimum atomic E-state index is -0.611. The van der Waals surface area contributed by atoms with Crippen LogP contribution in [0.4, 0.5) is 5.69 Å². The predicted octanol–water partition coefficient (Wildman–Crippen LogP) is 2.43. The highest BCUT2D eigenvalue weighted by atomic mass is 79.9. The molecular weight excluding hydrogens is 267 g/mol. The first-order valence-corrected chi connectivity index (χ1v) is 4.85. The molecule has 74 valence electrons. The summed E-state index contributed by atoms with van der Waals surface area (Å²) in [6, 6.07) is 1.43. The Hall–Kier alpha value is -1.000. The molecule has 1 aromatic rings. The second-order valence-corrected chi connectivity index (χ2v) is 3.82. The number of rotatable bonds is 2. The summed E-state index contributed by atoms with van der Waals surface area (Å²) >= 11 is 9.09. The lowest BCUT2D eigenvalue weighted by atomic mass is 10.1. The number of amides is 1. The van der Waals surface area contributed by atoms with E-state index >= 15 is 0 Å². The maximum absolute atomic E-state index is 11.0. The van der Waals surface area contributed by atoms with Crippen LogP contribution in [0.25, 0.3) is 6.08 Å². The summed E-state index contributed by atoms with van der Waals surface area (Å²) in [7, 11) is 0. The van der Waals surface area contributed by atoms with Crippen molar-refractivity contribution in [3.8, 4) is 0 Å². The van der Waals surface area contributed by atoms with Gasteiger partial charge in [-0.15, -0.1) is 0 Å². The maximum atomic E-state index is 11.0. The first-order chi connectivity index (χ1) is 6.49. The molecule has 0 unspecified atom stereocenters. The summed E-state index contributed by atoms with van der Waals surface area (Å²) in [6.07, 6.45) is 1.51. The molecule has 0 aliphatic heterocycles. The highest BCUT2D eigenvalue weighted by molar-refractivity contribution is 9.10. The van der Waals surface area contributed by atoms with Gasteiger partial charge in [-0.3, -0.25) is 4.79 Å². The number of nitrogens with two attached hydrogens (primary N) is 2. The van der Waals surface area contributed by atoms with Crippen molar-refractivity contribution in [1.29, 1.82) is 0 Å². The summed E-state index contributed by atoms with van der Waals surface area (Å²) in [5.41, 5.74) is 11.9. The zero-order valence-corrected chi connectivity index (χ0v) is 9.52. The van der Waals surface area contributed by atoms with Crippen LogP contribution in [-0.4, -0.2) is 5.91 Å². The molecular formula is C9H8BrClN2O. The Bertz CT molecular complexity index is 418. The molecule has 0 bridgehead atoms. The van der Waals surface area contributed by atoms with E-state index in [-0.39, 0.29) is 11.3 Å². The number of primary amides is 1. The number of carbonyl (C=O) groups is 1. The second-order valence-electron chi connectivity index (χ2n) is 2.62. The Morgan fingerprint density at radius 3 is 2.64 bits per heavy atom. The molecule has 3 nitrogen and oxygen atoms in total. The van der Waals surface area contributed by atoms with Crippen molar-refractivity contribution in [2.45, 2.75) is 0 Å². The van der Waals surface area contributed by atoms with Gasteiger partial charge in [0.15, 0.2) is 0 Å². The smallest absolute Gasteiger partial charge is 0.250 e. The van der Waals surface area contributed by atoms with Crippen LogP contribution in [0.15, 0.2) is 17.1 Å². The summed E-state index contributed by atoms with van der Waals surface area (Å²) in [5, 5.41) is 0.378. The van der Waals surface area contributed by atoms with Gasteiger partial charge < -0.3 is 11.5 Å². The maximum Gasteiger partial charge on any atom is 0.250 e. The number of halogens is 2. The molecule has 0 heterocycles. The number of carbonyl (C=O) groups excluding carboxylic acids is 1. The van der Waals surface area contributed by atoms with Crippen molar-refractivity contribution >= 4 is 45.2 Å². The van der Waals surface area contributed by atoms with Crippen LogP contribution < -0.4 is 11.5 Å². The lowest BCUT2D eigenvalue weighted by Crippen LogP contribution is -2.14. The average Bonchev–Trinajstić information content (AvgIpc) is 2.12. The van der Waals surface area contributed by atoms with Gasteiger partial charge in [-0.05, 0) is 22.0 Å². The molecule has 1 rings (SSSR count). The van der Waals surface area contributed by atoms with Gasteiger partial charge in [0.05, 0.1) is 16.3 Å². The van der Waals surface area contributed by atoms with E-state index in [2.05, 4.69) is 22.5 Å². The fourth-order valence-electron chi connectivity index (χ4n) is 1.06. The van der Waals surface area contributed by atoms with Gasteiger partial charge in [0, 0.05) is 10.0 Å². The predicted molar refractivity (Wildman–Crippen MR) is 62.2 cm³/mol. The van der Waals surface area contributed by atoms with E-state index < -0.39 is 5.91 Å². The average molecular weight is 276 g/mol. The third-order valence-corrected chi connectivity index (χ3v) is 3.15. The quantitative estimate of drug-likeness (QED) is 0.814. The summed E-state index contributed by atoms with van der Waals surface area (Å²) in [6.45, 7) is 3.57. The van der Waals surface area contributed by atoms with Gasteiger partial charge >= 0.3 is 0 Å². The van der Waals surface area contributed by atoms with Gasteiger partial charge in [-0.2, -0.15) is 0 Å². The fraction of sp³-hybridized carbons (Fsp3) is 0. The van der Waals surface area contributed by atoms with Crippen molar-refractivity contribution in [1.82, 2.24) is 0 Å². The van der Waals surface area contributed by atoms with E-state index in [1.165, 1.54) is 12.1 Å². The molecule has 4 N–H and O–H groups in total. The monoisotopic (exact) mass is 274 g/mol. The molecule has 1 aromatic carbocycles. The van der Waals surface area contributed by atoms with Crippen LogP contribution in [0.5, 0.6) is 0 Å². The van der Waals surface area contributed by atoms with Crippen LogP contribution in [0.3, 0.4) is 0 Å². The highest BCUT2D eigenvalue weighted by Gasteiger charge is 2.14. The van der Waals surface area contributed by atoms with Crippen LogP contribution in [-0.2, 0) is 0 Å². The number of nitrogen functional groups attached to an aromatic ring is 1. The third kappa shape index (κ3) is 1.76. The van der Waals surface area contributed by atoms with Crippen molar-refractivity contribution in [2.75, 3.05) is 5.73 Å². The lowest BCUT2D eigenvalue weighted by molar-refractivity contribution is 0.100. The Balaban J connectivity index is 3.58. The van der Waals surface area contributed by atoms with Crippen molar-refractivity contribution in [3.63, 3.8) is 0 Å². The van der Waals surface area contributed by atoms with E-state index in [4.69, 9.17) is 23.1 Å². The summed E-state index contributed by atoms with van der Waals surface area (Å²) < 4.78 is 0.608. The van der Waals surface area contributed by atoms with Gasteiger partial charge in [0.25, 0.3) is 5.91 Å². The summed E-state index contributed by atoms with van der Waals surface area (Å²) in [5.74, 6) is -0.611. The topological polar surface area (TPSA) is 69.1 Å². The number of hydrogen-bond acceptors (Lipinski definition) is 2. The van der Waals surface area contributed by atoms with E-state index in [0.29, 0.717) is 15.1 Å². The Kier molecular flexibility index (Phi) is 3.18. The standard InChI is InChI=1S/C9H8BrClN2O/c1-2-4-7(10)6(11)3-5(8(4)12)9(13)14/h2-3H,1,12H2,(H2,13,14). The van der Waals surface area contributed by atoms with Crippen molar-refractivity contribution in [2.24, 2.45) is 5.73 Å². The van der Waals surface area contributed by atoms with E-state index in [1.54, 1.807) is 0 Å². The number of anilines is 1. The molecule has 0 atom stereocenters. The van der Waals surface area contributed by atoms with E-state index in [1.807, 2.05) is 0 Å². The van der Waals surface area contributed by atoms with Gasteiger partial charge in [0.1, 0.15) is 0 Å². The SMILES string of the molecule is C=Cc1c(N)c(C(N)=O)cc(Cl)c1Br. The zero-order chi connectivity index (χ0) is 10.9. The second kappa shape index (κ2) is 4.02. The molecule has 0 aliphatic carbocycles. The van der Waals surface area contributed by atoms with Crippen LogP contribution in [0, 0.1) is 0 Å². The van der Waals surface area contributed by atoms with Crippen molar-refractivity contribution in [3.05, 3.63) is 33.3 Å². The number of benzene rings is 1. The molecule has 0 aromatic heterocycles. The summed E-state index contributed by atoms with van der Waals surface area (Å²) in [4.78, 5) is 11.0.